The highest BCUT2D eigenvalue weighted by atomic mass is 32.2. The first-order valence-electron chi connectivity index (χ1n) is 5.55. The van der Waals surface area contributed by atoms with Crippen LogP contribution in [-0.4, -0.2) is 31.1 Å². The second kappa shape index (κ2) is 6.31. The predicted molar refractivity (Wildman–Crippen MR) is 66.0 cm³/mol. The van der Waals surface area contributed by atoms with Crippen molar-refractivity contribution in [3.8, 4) is 5.75 Å². The number of ether oxygens (including phenoxy) is 1. The van der Waals surface area contributed by atoms with Crippen molar-refractivity contribution in [1.29, 1.82) is 0 Å². The first-order valence-corrected chi connectivity index (χ1v) is 7.16. The number of nitrogens with two attached hydrogens (primary N) is 1. The van der Waals surface area contributed by atoms with Crippen LogP contribution in [0.2, 0.25) is 0 Å². The second-order valence-electron chi connectivity index (χ2n) is 4.20. The van der Waals surface area contributed by atoms with E-state index in [1.807, 2.05) is 0 Å². The van der Waals surface area contributed by atoms with Crippen molar-refractivity contribution in [3.63, 3.8) is 0 Å². The number of alkyl halides is 3. The van der Waals surface area contributed by atoms with Crippen LogP contribution in [0.1, 0.15) is 12.0 Å². The van der Waals surface area contributed by atoms with E-state index in [9.17, 15) is 26.4 Å². The van der Waals surface area contributed by atoms with E-state index in [-0.39, 0.29) is 6.42 Å². The minimum absolute atomic E-state index is 0.225. The number of aliphatic carboxylic acids is 1. The van der Waals surface area contributed by atoms with Gasteiger partial charge in [-0.1, -0.05) is 12.1 Å². The van der Waals surface area contributed by atoms with E-state index in [4.69, 9.17) is 10.2 Å². The summed E-state index contributed by atoms with van der Waals surface area (Å²) in [7, 11) is -4.09. The minimum atomic E-state index is -4.83. The molecule has 0 heterocycles. The number of carboxylic acids is 1. The van der Waals surface area contributed by atoms with Crippen molar-refractivity contribution in [3.05, 3.63) is 29.8 Å². The van der Waals surface area contributed by atoms with Crippen LogP contribution in [0, 0.1) is 0 Å². The Hall–Kier alpha value is -1.81. The van der Waals surface area contributed by atoms with E-state index in [0.29, 0.717) is 5.56 Å². The lowest BCUT2D eigenvalue weighted by molar-refractivity contribution is -0.274. The number of sulfonamides is 1. The summed E-state index contributed by atoms with van der Waals surface area (Å²) in [6.07, 6.45) is -5.75. The van der Waals surface area contributed by atoms with E-state index in [1.54, 1.807) is 0 Å². The summed E-state index contributed by atoms with van der Waals surface area (Å²) in [5, 5.41) is 12.2. The molecule has 1 aromatic carbocycles. The molecule has 21 heavy (non-hydrogen) atoms. The molecule has 10 heteroatoms. The van der Waals surface area contributed by atoms with Gasteiger partial charge in [0.1, 0.15) is 5.75 Å². The Morgan fingerprint density at radius 2 is 1.81 bits per heavy atom. The first-order chi connectivity index (χ1) is 9.47. The lowest BCUT2D eigenvalue weighted by Gasteiger charge is -2.13. The number of primary sulfonamides is 1. The third-order valence-corrected chi connectivity index (χ3v) is 3.75. The summed E-state index contributed by atoms with van der Waals surface area (Å²) in [5.74, 6) is -1.80. The summed E-state index contributed by atoms with van der Waals surface area (Å²) < 4.78 is 62.1. The van der Waals surface area contributed by atoms with E-state index in [0.717, 1.165) is 12.1 Å². The number of carbonyl (C=O) groups is 1. The van der Waals surface area contributed by atoms with Gasteiger partial charge in [0.15, 0.2) is 0 Å². The van der Waals surface area contributed by atoms with Crippen LogP contribution in [0.5, 0.6) is 5.75 Å². The van der Waals surface area contributed by atoms with Crippen molar-refractivity contribution in [2.75, 3.05) is 0 Å². The van der Waals surface area contributed by atoms with E-state index in [2.05, 4.69) is 4.74 Å². The normalized spacial score (nSPS) is 13.7. The molecule has 0 spiro atoms. The van der Waals surface area contributed by atoms with Gasteiger partial charge in [-0.05, 0) is 24.1 Å². The molecule has 6 nitrogen and oxygen atoms in total. The molecule has 1 unspecified atom stereocenters. The monoisotopic (exact) mass is 327 g/mol. The molecule has 0 aliphatic rings. The first kappa shape index (κ1) is 17.2. The standard InChI is InChI=1S/C11H12F3NO5S/c12-11(13,14)20-8-3-1-7(2-4-8)5-9(6-10(16)17)21(15,18)19/h1-4,9H,5-6H2,(H,16,17)(H2,15,18,19). The fraction of sp³-hybridized carbons (Fsp3) is 0.364. The molecule has 0 saturated carbocycles. The molecule has 0 aliphatic heterocycles. The third-order valence-electron chi connectivity index (χ3n) is 2.49. The average molecular weight is 327 g/mol. The summed E-state index contributed by atoms with van der Waals surface area (Å²) in [5.41, 5.74) is 0.324. The zero-order chi connectivity index (χ0) is 16.3. The Morgan fingerprint density at radius 3 is 2.19 bits per heavy atom. The number of rotatable bonds is 6. The zero-order valence-corrected chi connectivity index (χ0v) is 11.3. The van der Waals surface area contributed by atoms with Crippen LogP contribution in [0.3, 0.4) is 0 Å². The lowest BCUT2D eigenvalue weighted by Crippen LogP contribution is -2.32. The molecule has 118 valence electrons. The maximum Gasteiger partial charge on any atom is 0.573 e. The summed E-state index contributed by atoms with van der Waals surface area (Å²) in [6.45, 7) is 0. The topological polar surface area (TPSA) is 107 Å². The molecule has 1 aromatic rings. The number of hydrogen-bond acceptors (Lipinski definition) is 4. The smallest absolute Gasteiger partial charge is 0.481 e. The fourth-order valence-electron chi connectivity index (χ4n) is 1.59. The van der Waals surface area contributed by atoms with Crippen LogP contribution >= 0.6 is 0 Å². The van der Waals surface area contributed by atoms with Crippen molar-refractivity contribution in [2.45, 2.75) is 24.5 Å². The minimum Gasteiger partial charge on any atom is -0.481 e. The summed E-state index contributed by atoms with van der Waals surface area (Å²) >= 11 is 0. The van der Waals surface area contributed by atoms with Crippen molar-refractivity contribution < 1.29 is 36.2 Å². The van der Waals surface area contributed by atoms with Crippen LogP contribution in [0.4, 0.5) is 13.2 Å². The van der Waals surface area contributed by atoms with Crippen LogP contribution < -0.4 is 9.88 Å². The number of halogens is 3. The van der Waals surface area contributed by atoms with E-state index >= 15 is 0 Å². The third kappa shape index (κ3) is 6.45. The van der Waals surface area contributed by atoms with E-state index in [1.165, 1.54) is 12.1 Å². The summed E-state index contributed by atoms with van der Waals surface area (Å²) in [6, 6.07) is 4.43. The maximum atomic E-state index is 12.0. The van der Waals surface area contributed by atoms with Gasteiger partial charge < -0.3 is 9.84 Å². The maximum absolute atomic E-state index is 12.0. The zero-order valence-electron chi connectivity index (χ0n) is 10.5. The number of benzene rings is 1. The molecule has 1 atom stereocenters. The van der Waals surface area contributed by atoms with Gasteiger partial charge in [0, 0.05) is 0 Å². The van der Waals surface area contributed by atoms with Crippen molar-refractivity contribution in [1.82, 2.24) is 0 Å². The second-order valence-corrected chi connectivity index (χ2v) is 6.05. The quantitative estimate of drug-likeness (QED) is 0.818. The molecule has 1 rings (SSSR count). The highest BCUT2D eigenvalue weighted by Gasteiger charge is 2.31. The SMILES string of the molecule is NS(=O)(=O)C(CC(=O)O)Cc1ccc(OC(F)(F)F)cc1. The summed E-state index contributed by atoms with van der Waals surface area (Å²) in [4.78, 5) is 10.6. The molecule has 0 bridgehead atoms. The molecular weight excluding hydrogens is 315 g/mol. The Balaban J connectivity index is 2.84. The molecule has 3 N–H and O–H groups in total. The van der Waals surface area contributed by atoms with Gasteiger partial charge in [0.2, 0.25) is 10.0 Å². The Bertz CT molecular complexity index is 597. The molecule has 0 saturated heterocycles. The van der Waals surface area contributed by atoms with Crippen molar-refractivity contribution >= 4 is 16.0 Å². The Labute approximate surface area is 118 Å². The Morgan fingerprint density at radius 1 is 1.29 bits per heavy atom. The van der Waals surface area contributed by atoms with E-state index < -0.39 is 39.8 Å². The highest BCUT2D eigenvalue weighted by molar-refractivity contribution is 7.89. The van der Waals surface area contributed by atoms with Crippen LogP contribution in [0.25, 0.3) is 0 Å². The van der Waals surface area contributed by atoms with Gasteiger partial charge in [0.25, 0.3) is 0 Å². The van der Waals surface area contributed by atoms with Gasteiger partial charge in [-0.3, -0.25) is 4.79 Å². The molecule has 0 fully saturated rings. The largest absolute Gasteiger partial charge is 0.573 e. The molecule has 0 amide bonds. The van der Waals surface area contributed by atoms with Gasteiger partial charge in [-0.2, -0.15) is 0 Å². The highest BCUT2D eigenvalue weighted by Crippen LogP contribution is 2.23. The fourth-order valence-corrected chi connectivity index (χ4v) is 2.39. The average Bonchev–Trinajstić information content (AvgIpc) is 2.27. The predicted octanol–water partition coefficient (Wildman–Crippen LogP) is 1.26. The van der Waals surface area contributed by atoms with Gasteiger partial charge in [0.05, 0.1) is 11.7 Å². The van der Waals surface area contributed by atoms with Crippen molar-refractivity contribution in [2.24, 2.45) is 5.14 Å². The molecule has 0 radical (unpaired) electrons. The van der Waals surface area contributed by atoms with Crippen LogP contribution in [0.15, 0.2) is 24.3 Å². The number of hydrogen-bond donors (Lipinski definition) is 2. The van der Waals surface area contributed by atoms with Gasteiger partial charge in [-0.15, -0.1) is 13.2 Å². The lowest BCUT2D eigenvalue weighted by atomic mass is 10.1. The molecule has 0 aliphatic carbocycles. The Kier molecular flexibility index (Phi) is 5.18. The van der Waals surface area contributed by atoms with Gasteiger partial charge in [-0.25, -0.2) is 13.6 Å². The molecular formula is C11H12F3NO5S. The molecule has 0 aromatic heterocycles. The number of carboxylic acid groups (broad SMARTS) is 1. The van der Waals surface area contributed by atoms with Crippen LogP contribution in [-0.2, 0) is 21.2 Å². The van der Waals surface area contributed by atoms with Gasteiger partial charge >= 0.3 is 12.3 Å².